The lowest BCUT2D eigenvalue weighted by Crippen LogP contribution is -2.31. The van der Waals surface area contributed by atoms with Crippen LogP contribution in [-0.4, -0.2) is 21.8 Å². The summed E-state index contributed by atoms with van der Waals surface area (Å²) in [6.07, 6.45) is 0. The van der Waals surface area contributed by atoms with Crippen LogP contribution >= 0.6 is 11.3 Å². The van der Waals surface area contributed by atoms with Gasteiger partial charge in [-0.05, 0) is 36.8 Å². The summed E-state index contributed by atoms with van der Waals surface area (Å²) < 4.78 is 14.5. The second-order valence-corrected chi connectivity index (χ2v) is 8.56. The number of para-hydroxylation sites is 1. The molecule has 0 saturated heterocycles. The van der Waals surface area contributed by atoms with Crippen molar-refractivity contribution in [1.82, 2.24) is 4.98 Å². The van der Waals surface area contributed by atoms with E-state index in [-0.39, 0.29) is 5.57 Å². The largest absolute Gasteiger partial charge is 0.503 e. The lowest BCUT2D eigenvalue weighted by atomic mass is 9.92. The van der Waals surface area contributed by atoms with E-state index in [2.05, 4.69) is 4.98 Å². The average molecular weight is 444 g/mol. The number of hydrogen-bond donors (Lipinski definition) is 1. The third-order valence-electron chi connectivity index (χ3n) is 5.44. The van der Waals surface area contributed by atoms with Gasteiger partial charge in [-0.2, -0.15) is 0 Å². The molecule has 3 aromatic carbocycles. The van der Waals surface area contributed by atoms with Gasteiger partial charge in [0.05, 0.1) is 21.8 Å². The molecule has 0 radical (unpaired) electrons. The number of ketones is 1. The predicted octanol–water partition coefficient (Wildman–Crippen LogP) is 5.53. The monoisotopic (exact) mass is 444 g/mol. The smallest absolute Gasteiger partial charge is 0.296 e. The van der Waals surface area contributed by atoms with Gasteiger partial charge in [0.15, 0.2) is 16.7 Å². The number of aryl methyl sites for hydroxylation is 1. The summed E-state index contributed by atoms with van der Waals surface area (Å²) in [5.74, 6) is -2.24. The SMILES string of the molecule is Cc1ccc(C(=O)C2=C(O)C(=O)N(c3nc4ccccc4s3)C2c2ccc(F)cc2)cc1. The number of halogens is 1. The van der Waals surface area contributed by atoms with Crippen LogP contribution in [0.2, 0.25) is 0 Å². The molecule has 1 amide bonds. The third kappa shape index (κ3) is 3.27. The van der Waals surface area contributed by atoms with E-state index in [1.54, 1.807) is 24.3 Å². The minimum absolute atomic E-state index is 0.0512. The lowest BCUT2D eigenvalue weighted by Gasteiger charge is -2.24. The zero-order valence-corrected chi connectivity index (χ0v) is 17.8. The Morgan fingerprint density at radius 1 is 1.03 bits per heavy atom. The number of fused-ring (bicyclic) bond motifs is 1. The molecule has 1 unspecified atom stereocenters. The van der Waals surface area contributed by atoms with E-state index in [1.165, 1.54) is 40.5 Å². The summed E-state index contributed by atoms with van der Waals surface area (Å²) >= 11 is 1.28. The summed E-state index contributed by atoms with van der Waals surface area (Å²) in [5, 5.41) is 11.2. The Bertz CT molecular complexity index is 1360. The Labute approximate surface area is 187 Å². The molecule has 1 atom stereocenters. The maximum atomic E-state index is 13.6. The highest BCUT2D eigenvalue weighted by Gasteiger charge is 2.45. The van der Waals surface area contributed by atoms with Crippen LogP contribution in [0.1, 0.15) is 27.5 Å². The number of aromatic nitrogens is 1. The normalized spacial score (nSPS) is 16.2. The van der Waals surface area contributed by atoms with E-state index in [4.69, 9.17) is 0 Å². The quantitative estimate of drug-likeness (QED) is 0.421. The molecule has 158 valence electrons. The van der Waals surface area contributed by atoms with E-state index >= 15 is 0 Å². The summed E-state index contributed by atoms with van der Waals surface area (Å²) in [5.41, 5.74) is 2.48. The maximum Gasteiger partial charge on any atom is 0.296 e. The number of aliphatic hydroxyl groups is 1. The molecule has 1 aliphatic rings. The Morgan fingerprint density at radius 3 is 2.41 bits per heavy atom. The number of carbonyl (C=O) groups is 2. The molecule has 5 nitrogen and oxygen atoms in total. The van der Waals surface area contributed by atoms with Crippen LogP contribution in [0.4, 0.5) is 9.52 Å². The second kappa shape index (κ2) is 7.69. The van der Waals surface area contributed by atoms with Crippen molar-refractivity contribution in [3.63, 3.8) is 0 Å². The first kappa shape index (κ1) is 20.1. The summed E-state index contributed by atoms with van der Waals surface area (Å²) in [6, 6.07) is 18.9. The van der Waals surface area contributed by atoms with Gasteiger partial charge in [0, 0.05) is 5.56 Å². The number of amides is 1. The highest BCUT2D eigenvalue weighted by atomic mass is 32.1. The Morgan fingerprint density at radius 2 is 1.72 bits per heavy atom. The van der Waals surface area contributed by atoms with E-state index in [9.17, 15) is 19.1 Å². The lowest BCUT2D eigenvalue weighted by molar-refractivity contribution is -0.117. The van der Waals surface area contributed by atoms with Crippen molar-refractivity contribution in [1.29, 1.82) is 0 Å². The first-order valence-electron chi connectivity index (χ1n) is 9.93. The molecule has 1 N–H and O–H groups in total. The Balaban J connectivity index is 1.67. The van der Waals surface area contributed by atoms with Crippen LogP contribution in [-0.2, 0) is 4.79 Å². The number of carbonyl (C=O) groups excluding carboxylic acids is 2. The number of Topliss-reactive ketones (excluding diaryl/α,β-unsaturated/α-hetero) is 1. The molecule has 0 fully saturated rings. The molecule has 7 heteroatoms. The molecular formula is C25H17FN2O3S. The van der Waals surface area contributed by atoms with Crippen molar-refractivity contribution in [2.45, 2.75) is 13.0 Å². The highest BCUT2D eigenvalue weighted by molar-refractivity contribution is 7.22. The molecular weight excluding hydrogens is 427 g/mol. The Kier molecular flexibility index (Phi) is 4.83. The molecule has 0 spiro atoms. The van der Waals surface area contributed by atoms with Gasteiger partial charge in [-0.25, -0.2) is 9.37 Å². The highest BCUT2D eigenvalue weighted by Crippen LogP contribution is 2.44. The van der Waals surface area contributed by atoms with E-state index in [0.717, 1.165) is 10.3 Å². The van der Waals surface area contributed by atoms with Crippen LogP contribution in [0.5, 0.6) is 0 Å². The summed E-state index contributed by atoms with van der Waals surface area (Å²) in [4.78, 5) is 32.5. The van der Waals surface area contributed by atoms with E-state index in [0.29, 0.717) is 21.8 Å². The number of aliphatic hydroxyl groups excluding tert-OH is 1. The van der Waals surface area contributed by atoms with Gasteiger partial charge >= 0.3 is 0 Å². The molecule has 1 aromatic heterocycles. The predicted molar refractivity (Wildman–Crippen MR) is 121 cm³/mol. The molecule has 0 bridgehead atoms. The number of anilines is 1. The topological polar surface area (TPSA) is 70.5 Å². The van der Waals surface area contributed by atoms with Gasteiger partial charge in [-0.15, -0.1) is 0 Å². The molecule has 0 aliphatic carbocycles. The average Bonchev–Trinajstić information content (AvgIpc) is 3.33. The standard InChI is InChI=1S/C25H17FN2O3S/c1-14-6-8-16(9-7-14)22(29)20-21(15-10-12-17(26)13-11-15)28(24(31)23(20)30)25-27-18-4-2-3-5-19(18)32-25/h2-13,21,30H,1H3. The zero-order chi connectivity index (χ0) is 22.4. The van der Waals surface area contributed by atoms with Crippen molar-refractivity contribution >= 4 is 38.4 Å². The maximum absolute atomic E-state index is 13.6. The van der Waals surface area contributed by atoms with Crippen LogP contribution < -0.4 is 4.90 Å². The van der Waals surface area contributed by atoms with E-state index < -0.39 is 29.3 Å². The van der Waals surface area contributed by atoms with Gasteiger partial charge in [0.1, 0.15) is 5.82 Å². The number of thiazole rings is 1. The number of benzene rings is 3. The molecule has 4 aromatic rings. The van der Waals surface area contributed by atoms with Gasteiger partial charge in [0.25, 0.3) is 5.91 Å². The second-order valence-electron chi connectivity index (χ2n) is 7.55. The summed E-state index contributed by atoms with van der Waals surface area (Å²) in [6.45, 7) is 1.90. The molecule has 5 rings (SSSR count). The number of hydrogen-bond acceptors (Lipinski definition) is 5. The van der Waals surface area contributed by atoms with Crippen molar-refractivity contribution in [3.05, 3.63) is 107 Å². The van der Waals surface area contributed by atoms with Crippen LogP contribution in [0.15, 0.2) is 84.1 Å². The minimum atomic E-state index is -0.933. The van der Waals surface area contributed by atoms with Crippen LogP contribution in [0, 0.1) is 12.7 Å². The first-order valence-corrected chi connectivity index (χ1v) is 10.7. The molecule has 2 heterocycles. The number of nitrogens with zero attached hydrogens (tertiary/aromatic N) is 2. The van der Waals surface area contributed by atoms with Crippen LogP contribution in [0.25, 0.3) is 10.2 Å². The summed E-state index contributed by atoms with van der Waals surface area (Å²) in [7, 11) is 0. The van der Waals surface area contributed by atoms with Crippen molar-refractivity contribution in [2.75, 3.05) is 4.90 Å². The first-order chi connectivity index (χ1) is 15.4. The van der Waals surface area contributed by atoms with Crippen molar-refractivity contribution in [2.24, 2.45) is 0 Å². The number of rotatable bonds is 4. The van der Waals surface area contributed by atoms with E-state index in [1.807, 2.05) is 31.2 Å². The van der Waals surface area contributed by atoms with Crippen molar-refractivity contribution < 1.29 is 19.1 Å². The molecule has 1 aliphatic heterocycles. The van der Waals surface area contributed by atoms with Crippen molar-refractivity contribution in [3.8, 4) is 0 Å². The fraction of sp³-hybridized carbons (Fsp3) is 0.0800. The van der Waals surface area contributed by atoms with Gasteiger partial charge < -0.3 is 5.11 Å². The van der Waals surface area contributed by atoms with Gasteiger partial charge in [-0.1, -0.05) is 65.4 Å². The third-order valence-corrected chi connectivity index (χ3v) is 6.48. The Hall–Kier alpha value is -3.84. The fourth-order valence-electron chi connectivity index (χ4n) is 3.82. The van der Waals surface area contributed by atoms with Gasteiger partial charge in [-0.3, -0.25) is 14.5 Å². The zero-order valence-electron chi connectivity index (χ0n) is 16.9. The molecule has 0 saturated carbocycles. The molecule has 32 heavy (non-hydrogen) atoms. The van der Waals surface area contributed by atoms with Gasteiger partial charge in [0.2, 0.25) is 0 Å². The minimum Gasteiger partial charge on any atom is -0.503 e. The fourth-order valence-corrected chi connectivity index (χ4v) is 4.81. The van der Waals surface area contributed by atoms with Crippen LogP contribution in [0.3, 0.4) is 0 Å².